The SMILES string of the molecule is C=CC[C@@H](C)OC(=O)c1c(CC(/C=C/C[C@H](/C=C/C)O[Si](C)(C)C(C)(C)C)=NOCC(=O)N2CCCCC2)cc(OCOCC)cc1OCOCC. The average Bonchev–Trinajstić information content (AvgIpc) is 3.08. The molecule has 2 rings (SSSR count). The molecule has 0 unspecified atom stereocenters. The Kier molecular flexibility index (Phi) is 20.0. The predicted molar refractivity (Wildman–Crippen MR) is 209 cm³/mol. The van der Waals surface area contributed by atoms with Crippen LogP contribution in [0.1, 0.15) is 96.5 Å². The van der Waals surface area contributed by atoms with Crippen molar-refractivity contribution in [3.05, 3.63) is 60.2 Å². The van der Waals surface area contributed by atoms with Crippen LogP contribution in [-0.2, 0) is 34.7 Å². The van der Waals surface area contributed by atoms with Crippen molar-refractivity contribution in [3.8, 4) is 11.5 Å². The molecule has 1 aliphatic heterocycles. The van der Waals surface area contributed by atoms with Crippen LogP contribution in [0.3, 0.4) is 0 Å². The predicted octanol–water partition coefficient (Wildman–Crippen LogP) is 8.39. The minimum absolute atomic E-state index is 0.00410. The summed E-state index contributed by atoms with van der Waals surface area (Å²) in [5, 5.41) is 4.49. The van der Waals surface area contributed by atoms with Gasteiger partial charge in [0.1, 0.15) is 23.2 Å². The fourth-order valence-corrected chi connectivity index (χ4v) is 6.40. The second-order valence-corrected chi connectivity index (χ2v) is 19.0. The topological polar surface area (TPSA) is 114 Å². The van der Waals surface area contributed by atoms with Gasteiger partial charge in [-0.05, 0) is 89.2 Å². The molecule has 0 aliphatic carbocycles. The summed E-state index contributed by atoms with van der Waals surface area (Å²) in [6.07, 6.45) is 13.3. The Morgan fingerprint density at radius 3 is 2.31 bits per heavy atom. The van der Waals surface area contributed by atoms with E-state index >= 15 is 0 Å². The summed E-state index contributed by atoms with van der Waals surface area (Å²) in [6, 6.07) is 3.36. The first kappa shape index (κ1) is 44.7. The molecule has 11 nitrogen and oxygen atoms in total. The van der Waals surface area contributed by atoms with Gasteiger partial charge in [0.2, 0.25) is 0 Å². The lowest BCUT2D eigenvalue weighted by atomic mass is 9.99. The third-order valence-corrected chi connectivity index (χ3v) is 13.5. The van der Waals surface area contributed by atoms with Crippen molar-refractivity contribution in [2.45, 2.75) is 117 Å². The van der Waals surface area contributed by atoms with E-state index < -0.39 is 20.4 Å². The van der Waals surface area contributed by atoms with E-state index in [1.165, 1.54) is 0 Å². The third kappa shape index (κ3) is 15.7. The Morgan fingerprint density at radius 1 is 1.02 bits per heavy atom. The van der Waals surface area contributed by atoms with E-state index in [0.29, 0.717) is 56.2 Å². The maximum absolute atomic E-state index is 13.8. The molecule has 1 saturated heterocycles. The minimum Gasteiger partial charge on any atom is -0.467 e. The van der Waals surface area contributed by atoms with Crippen molar-refractivity contribution in [2.75, 3.05) is 46.5 Å². The summed E-state index contributed by atoms with van der Waals surface area (Å²) in [7, 11) is -2.06. The molecule has 1 aliphatic rings. The largest absolute Gasteiger partial charge is 0.467 e. The number of carbonyl (C=O) groups is 2. The highest BCUT2D eigenvalue weighted by atomic mass is 28.4. The van der Waals surface area contributed by atoms with Gasteiger partial charge < -0.3 is 37.8 Å². The summed E-state index contributed by atoms with van der Waals surface area (Å²) in [5.41, 5.74) is 1.20. The molecule has 52 heavy (non-hydrogen) atoms. The molecule has 1 heterocycles. The fraction of sp³-hybridized carbons (Fsp3) is 0.625. The smallest absolute Gasteiger partial charge is 0.342 e. The number of piperidine rings is 1. The molecule has 1 fully saturated rings. The summed E-state index contributed by atoms with van der Waals surface area (Å²) < 4.78 is 35.3. The van der Waals surface area contributed by atoms with E-state index in [-0.39, 0.29) is 55.0 Å². The molecule has 2 atom stereocenters. The van der Waals surface area contributed by atoms with Gasteiger partial charge in [0.15, 0.2) is 28.5 Å². The molecule has 0 saturated carbocycles. The molecule has 0 spiro atoms. The zero-order valence-corrected chi connectivity index (χ0v) is 34.2. The van der Waals surface area contributed by atoms with Crippen LogP contribution < -0.4 is 9.47 Å². The maximum atomic E-state index is 13.8. The quantitative estimate of drug-likeness (QED) is 0.0207. The van der Waals surface area contributed by atoms with Crippen LogP contribution in [0, 0.1) is 0 Å². The molecule has 12 heteroatoms. The van der Waals surface area contributed by atoms with Crippen molar-refractivity contribution >= 4 is 25.9 Å². The van der Waals surface area contributed by atoms with Crippen molar-refractivity contribution < 1.29 is 42.5 Å². The Labute approximate surface area is 313 Å². The van der Waals surface area contributed by atoms with Gasteiger partial charge in [0.25, 0.3) is 5.91 Å². The lowest BCUT2D eigenvalue weighted by Gasteiger charge is -2.38. The van der Waals surface area contributed by atoms with Crippen LogP contribution in [0.5, 0.6) is 11.5 Å². The minimum atomic E-state index is -2.06. The van der Waals surface area contributed by atoms with E-state index in [1.54, 1.807) is 25.1 Å². The zero-order chi connectivity index (χ0) is 38.6. The van der Waals surface area contributed by atoms with Crippen molar-refractivity contribution in [3.63, 3.8) is 0 Å². The van der Waals surface area contributed by atoms with Crippen LogP contribution in [0.15, 0.2) is 54.2 Å². The van der Waals surface area contributed by atoms with Gasteiger partial charge in [-0.1, -0.05) is 50.2 Å². The molecule has 1 amide bonds. The van der Waals surface area contributed by atoms with Crippen LogP contribution >= 0.6 is 0 Å². The van der Waals surface area contributed by atoms with Gasteiger partial charge in [-0.3, -0.25) is 4.79 Å². The molecular formula is C40H64N2O9Si. The molecular weight excluding hydrogens is 681 g/mol. The number of esters is 1. The van der Waals surface area contributed by atoms with Gasteiger partial charge in [-0.25, -0.2) is 4.79 Å². The molecule has 292 valence electrons. The molecule has 1 aromatic carbocycles. The summed E-state index contributed by atoms with van der Waals surface area (Å²) >= 11 is 0. The van der Waals surface area contributed by atoms with E-state index in [1.807, 2.05) is 43.9 Å². The highest BCUT2D eigenvalue weighted by Gasteiger charge is 2.38. The van der Waals surface area contributed by atoms with Gasteiger partial charge in [0.05, 0.1) is 11.8 Å². The van der Waals surface area contributed by atoms with Gasteiger partial charge in [-0.2, -0.15) is 0 Å². The Morgan fingerprint density at radius 2 is 1.69 bits per heavy atom. The maximum Gasteiger partial charge on any atom is 0.342 e. The number of benzene rings is 1. The van der Waals surface area contributed by atoms with Crippen molar-refractivity contribution in [2.24, 2.45) is 5.16 Å². The zero-order valence-electron chi connectivity index (χ0n) is 33.2. The van der Waals surface area contributed by atoms with E-state index in [4.69, 9.17) is 32.9 Å². The normalized spacial score (nSPS) is 15.5. The van der Waals surface area contributed by atoms with Crippen LogP contribution in [0.4, 0.5) is 0 Å². The summed E-state index contributed by atoms with van der Waals surface area (Å²) in [6.45, 7) is 24.4. The highest BCUT2D eigenvalue weighted by Crippen LogP contribution is 2.38. The van der Waals surface area contributed by atoms with Gasteiger partial charge in [-0.15, -0.1) is 6.58 Å². The second kappa shape index (κ2) is 23.3. The van der Waals surface area contributed by atoms with Crippen molar-refractivity contribution in [1.82, 2.24) is 4.90 Å². The number of nitrogens with zero attached hydrogens (tertiary/aromatic N) is 2. The Balaban J connectivity index is 2.58. The molecule has 0 bridgehead atoms. The third-order valence-electron chi connectivity index (χ3n) is 8.97. The lowest BCUT2D eigenvalue weighted by molar-refractivity contribution is -0.137. The second-order valence-electron chi connectivity index (χ2n) is 14.3. The molecule has 0 aromatic heterocycles. The van der Waals surface area contributed by atoms with Gasteiger partial charge in [0, 0.05) is 45.2 Å². The number of carbonyl (C=O) groups excluding carboxylic acids is 2. The standard InChI is InChI=1S/C40H64N2O9Si/c1-11-19-31(5)50-39(44)38-32(26-35(47-29-45-13-3)27-36(38)48-30-46-14-4)25-33(41-49-28-37(43)42-23-16-15-17-24-42)21-18-22-34(20-12-2)51-52(9,10)40(6,7)8/h11-12,18,20-21,26-27,31,34H,1,13-17,19,22-25,28-30H2,2-10H3/b20-12+,21-18+,41-33?/t31-,34+/m1/s1. The monoisotopic (exact) mass is 744 g/mol. The first-order chi connectivity index (χ1) is 24.8. The number of likely N-dealkylation sites (tertiary alicyclic amines) is 1. The first-order valence-electron chi connectivity index (χ1n) is 18.6. The van der Waals surface area contributed by atoms with Crippen molar-refractivity contribution in [1.29, 1.82) is 0 Å². The Bertz CT molecular complexity index is 1350. The fourth-order valence-electron chi connectivity index (χ4n) is 5.12. The highest BCUT2D eigenvalue weighted by molar-refractivity contribution is 6.74. The number of hydrogen-bond donors (Lipinski definition) is 0. The number of hydrogen-bond acceptors (Lipinski definition) is 10. The van der Waals surface area contributed by atoms with Crippen LogP contribution in [0.2, 0.25) is 18.1 Å². The summed E-state index contributed by atoms with van der Waals surface area (Å²) in [4.78, 5) is 34.3. The molecule has 0 N–H and O–H groups in total. The number of amides is 1. The van der Waals surface area contributed by atoms with E-state index in [9.17, 15) is 9.59 Å². The van der Waals surface area contributed by atoms with Gasteiger partial charge >= 0.3 is 5.97 Å². The van der Waals surface area contributed by atoms with Crippen LogP contribution in [0.25, 0.3) is 0 Å². The number of ether oxygens (including phenoxy) is 5. The van der Waals surface area contributed by atoms with E-state index in [0.717, 1.165) is 19.3 Å². The Hall–Kier alpha value is -3.45. The summed E-state index contributed by atoms with van der Waals surface area (Å²) in [5.74, 6) is -0.0338. The van der Waals surface area contributed by atoms with E-state index in [2.05, 4.69) is 51.7 Å². The lowest BCUT2D eigenvalue weighted by Crippen LogP contribution is -2.43. The molecule has 0 radical (unpaired) electrons. The first-order valence-corrected chi connectivity index (χ1v) is 21.5. The van der Waals surface area contributed by atoms with Crippen LogP contribution in [-0.4, -0.2) is 89.5 Å². The molecule has 1 aromatic rings. The number of oxime groups is 1. The average molecular weight is 745 g/mol. The number of allylic oxidation sites excluding steroid dienone is 2. The number of rotatable bonds is 23.